The first-order chi connectivity index (χ1) is 15.6. The molecule has 1 aromatic carbocycles. The number of aryl methyl sites for hydroxylation is 1. The maximum atomic E-state index is 12.1. The average Bonchev–Trinajstić information content (AvgIpc) is 2.82. The molecule has 1 aliphatic carbocycles. The van der Waals surface area contributed by atoms with E-state index in [1.165, 1.54) is 69.8 Å². The Bertz CT molecular complexity index is 655. The lowest BCUT2D eigenvalue weighted by Gasteiger charge is -2.37. The van der Waals surface area contributed by atoms with Crippen molar-refractivity contribution < 1.29 is 13.5 Å². The fourth-order valence-corrected chi connectivity index (χ4v) is 9.72. The number of ether oxygens (including phenoxy) is 1. The number of unbranched alkanes of at least 4 members (excludes halogenated alkanes) is 3. The molecule has 0 N–H and O–H groups in total. The van der Waals surface area contributed by atoms with Crippen molar-refractivity contribution in [1.82, 2.24) is 0 Å². The van der Waals surface area contributed by atoms with Gasteiger partial charge in [-0.1, -0.05) is 95.0 Å². The fourth-order valence-electron chi connectivity index (χ4n) is 6.19. The summed E-state index contributed by atoms with van der Waals surface area (Å²) in [7, 11) is -0.359. The molecule has 0 unspecified atom stereocenters. The third-order valence-electron chi connectivity index (χ3n) is 8.20. The number of halogens is 2. The molecule has 1 nitrogen and oxygen atoms in total. The highest BCUT2D eigenvalue weighted by atomic mass is 28.3. The number of rotatable bonds is 12. The van der Waals surface area contributed by atoms with Gasteiger partial charge in [-0.2, -0.15) is 8.78 Å². The Morgan fingerprint density at radius 2 is 1.59 bits per heavy atom. The lowest BCUT2D eigenvalue weighted by atomic mass is 9.73. The second kappa shape index (κ2) is 14.2. The van der Waals surface area contributed by atoms with Crippen LogP contribution < -0.4 is 4.74 Å². The second-order valence-electron chi connectivity index (χ2n) is 10.5. The molecule has 1 saturated heterocycles. The minimum Gasteiger partial charge on any atom is -0.459 e. The van der Waals surface area contributed by atoms with Gasteiger partial charge in [-0.15, -0.1) is 0 Å². The number of hydrogen-bond donors (Lipinski definition) is 0. The molecule has 4 heteroatoms. The molecule has 2 fully saturated rings. The van der Waals surface area contributed by atoms with Crippen LogP contribution >= 0.6 is 0 Å². The molecule has 0 amide bonds. The molecule has 0 aromatic heterocycles. The first-order valence-corrected chi connectivity index (χ1v) is 15.9. The molecule has 1 heterocycles. The van der Waals surface area contributed by atoms with Gasteiger partial charge >= 0.3 is 6.08 Å². The van der Waals surface area contributed by atoms with Crippen molar-refractivity contribution in [2.24, 2.45) is 17.8 Å². The van der Waals surface area contributed by atoms with E-state index < -0.39 is 6.08 Å². The second-order valence-corrected chi connectivity index (χ2v) is 13.9. The predicted octanol–water partition coefficient (Wildman–Crippen LogP) is 9.15. The van der Waals surface area contributed by atoms with E-state index in [-0.39, 0.29) is 8.80 Å². The van der Waals surface area contributed by atoms with Crippen molar-refractivity contribution >= 4 is 8.80 Å². The third-order valence-corrected chi connectivity index (χ3v) is 11.7. The van der Waals surface area contributed by atoms with Crippen LogP contribution in [0.1, 0.15) is 89.5 Å². The van der Waals surface area contributed by atoms with Gasteiger partial charge in [-0.05, 0) is 61.1 Å². The molecule has 1 aliphatic heterocycles. The summed E-state index contributed by atoms with van der Waals surface area (Å²) in [6.45, 7) is 2.32. The molecule has 0 bridgehead atoms. The van der Waals surface area contributed by atoms with Crippen LogP contribution in [0.5, 0.6) is 5.75 Å². The van der Waals surface area contributed by atoms with E-state index in [1.807, 2.05) is 12.1 Å². The molecular formula is C28H44F2OSi. The Balaban J connectivity index is 1.25. The fraction of sp³-hybridized carbons (Fsp3) is 0.714. The smallest absolute Gasteiger partial charge is 0.305 e. The van der Waals surface area contributed by atoms with Crippen LogP contribution in [0, 0.1) is 17.8 Å². The summed E-state index contributed by atoms with van der Waals surface area (Å²) in [5.74, 6) is 3.52. The van der Waals surface area contributed by atoms with Gasteiger partial charge in [0.2, 0.25) is 0 Å². The van der Waals surface area contributed by atoms with E-state index in [0.717, 1.165) is 24.2 Å². The Hall–Kier alpha value is -1.16. The van der Waals surface area contributed by atoms with Crippen molar-refractivity contribution in [3.8, 4) is 5.75 Å². The summed E-state index contributed by atoms with van der Waals surface area (Å²) >= 11 is 0. The van der Waals surface area contributed by atoms with E-state index in [9.17, 15) is 8.78 Å². The maximum absolute atomic E-state index is 12.1. The summed E-state index contributed by atoms with van der Waals surface area (Å²) in [4.78, 5) is 0. The van der Waals surface area contributed by atoms with E-state index in [1.54, 1.807) is 43.1 Å². The van der Waals surface area contributed by atoms with Crippen molar-refractivity contribution in [3.63, 3.8) is 0 Å². The molecule has 0 atom stereocenters. The summed E-state index contributed by atoms with van der Waals surface area (Å²) in [6.07, 6.45) is 17.0. The average molecular weight is 463 g/mol. The monoisotopic (exact) mass is 462 g/mol. The van der Waals surface area contributed by atoms with Gasteiger partial charge in [0.1, 0.15) is 5.75 Å². The van der Waals surface area contributed by atoms with Gasteiger partial charge in [0.15, 0.2) is 6.26 Å². The number of hydrogen-bond acceptors (Lipinski definition) is 1. The van der Waals surface area contributed by atoms with Gasteiger partial charge in [0.05, 0.1) is 0 Å². The quantitative estimate of drug-likeness (QED) is 0.171. The van der Waals surface area contributed by atoms with Crippen LogP contribution in [0.25, 0.3) is 0 Å². The van der Waals surface area contributed by atoms with Gasteiger partial charge in [0, 0.05) is 8.80 Å². The molecule has 3 rings (SSSR count). The van der Waals surface area contributed by atoms with Gasteiger partial charge in [0.25, 0.3) is 0 Å². The normalized spacial score (nSPS) is 26.0. The predicted molar refractivity (Wildman–Crippen MR) is 134 cm³/mol. The molecule has 2 aliphatic rings. The summed E-state index contributed by atoms with van der Waals surface area (Å²) in [5, 5.41) is 0. The first-order valence-electron chi connectivity index (χ1n) is 13.4. The highest BCUT2D eigenvalue weighted by molar-refractivity contribution is 6.58. The first kappa shape index (κ1) is 25.5. The SMILES string of the molecule is CCCCC[SiH]1CCC(C2CCC(CCCCc3ccc(OC=C(F)F)cc3)CC2)CC1. The summed E-state index contributed by atoms with van der Waals surface area (Å²) < 4.78 is 29.0. The highest BCUT2D eigenvalue weighted by Crippen LogP contribution is 2.42. The van der Waals surface area contributed by atoms with E-state index in [0.29, 0.717) is 12.0 Å². The summed E-state index contributed by atoms with van der Waals surface area (Å²) in [5.41, 5.74) is 1.26. The number of benzene rings is 1. The van der Waals surface area contributed by atoms with Crippen LogP contribution in [0.2, 0.25) is 18.1 Å². The lowest BCUT2D eigenvalue weighted by Crippen LogP contribution is -2.28. The maximum Gasteiger partial charge on any atom is 0.305 e. The molecule has 1 saturated carbocycles. The minimum atomic E-state index is -1.81. The van der Waals surface area contributed by atoms with E-state index in [4.69, 9.17) is 4.74 Å². The van der Waals surface area contributed by atoms with Crippen LogP contribution in [0.4, 0.5) is 8.78 Å². The lowest BCUT2D eigenvalue weighted by molar-refractivity contribution is 0.184. The molecule has 32 heavy (non-hydrogen) atoms. The van der Waals surface area contributed by atoms with Crippen molar-refractivity contribution in [1.29, 1.82) is 0 Å². The zero-order valence-electron chi connectivity index (χ0n) is 20.2. The largest absolute Gasteiger partial charge is 0.459 e. The zero-order valence-corrected chi connectivity index (χ0v) is 21.3. The van der Waals surface area contributed by atoms with E-state index >= 15 is 0 Å². The molecule has 0 spiro atoms. The van der Waals surface area contributed by atoms with Gasteiger partial charge in [-0.25, -0.2) is 0 Å². The van der Waals surface area contributed by atoms with Crippen molar-refractivity contribution in [3.05, 3.63) is 42.2 Å². The van der Waals surface area contributed by atoms with Crippen LogP contribution in [-0.2, 0) is 6.42 Å². The Kier molecular flexibility index (Phi) is 11.3. The van der Waals surface area contributed by atoms with Crippen LogP contribution in [0.3, 0.4) is 0 Å². The zero-order chi connectivity index (χ0) is 22.6. The molecule has 1 aromatic rings. The molecular weight excluding hydrogens is 418 g/mol. The standard InChI is InChI=1S/C28H44F2OSi/c1-2-3-6-19-32-20-17-26(18-21-32)25-13-9-23(10-14-25)7-4-5-8-24-11-15-27(16-12-24)31-22-28(29)30/h11-12,15-16,22-23,25-26,32H,2-10,13-14,17-21H2,1H3. The van der Waals surface area contributed by atoms with Crippen LogP contribution in [-0.4, -0.2) is 8.80 Å². The third kappa shape index (κ3) is 9.00. The van der Waals surface area contributed by atoms with Crippen molar-refractivity contribution in [2.75, 3.05) is 0 Å². The summed E-state index contributed by atoms with van der Waals surface area (Å²) in [6, 6.07) is 12.4. The van der Waals surface area contributed by atoms with Gasteiger partial charge in [-0.3, -0.25) is 0 Å². The molecule has 180 valence electrons. The van der Waals surface area contributed by atoms with Gasteiger partial charge < -0.3 is 4.74 Å². The van der Waals surface area contributed by atoms with Crippen LogP contribution in [0.15, 0.2) is 36.6 Å². The van der Waals surface area contributed by atoms with Crippen molar-refractivity contribution in [2.45, 2.75) is 109 Å². The Morgan fingerprint density at radius 3 is 2.25 bits per heavy atom. The minimum absolute atomic E-state index is 0.359. The van der Waals surface area contributed by atoms with E-state index in [2.05, 4.69) is 6.92 Å². The Morgan fingerprint density at radius 1 is 0.906 bits per heavy atom. The molecule has 0 radical (unpaired) electrons. The Labute approximate surface area is 196 Å². The highest BCUT2D eigenvalue weighted by Gasteiger charge is 2.30. The topological polar surface area (TPSA) is 9.23 Å².